The Morgan fingerprint density at radius 3 is 2.22 bits per heavy atom. The second-order valence-electron chi connectivity index (χ2n) is 5.06. The van der Waals surface area contributed by atoms with Gasteiger partial charge in [-0.15, -0.1) is 0 Å². The quantitative estimate of drug-likeness (QED) is 0.362. The van der Waals surface area contributed by atoms with E-state index in [9.17, 15) is 0 Å². The Hall–Kier alpha value is -1.31. The van der Waals surface area contributed by atoms with E-state index in [4.69, 9.17) is 13.3 Å². The molecule has 1 rings (SSSR count). The zero-order valence-electron chi connectivity index (χ0n) is 14.4. The van der Waals surface area contributed by atoms with Crippen molar-refractivity contribution in [1.29, 1.82) is 0 Å². The van der Waals surface area contributed by atoms with Gasteiger partial charge < -0.3 is 18.6 Å². The predicted molar refractivity (Wildman–Crippen MR) is 98.1 cm³/mol. The molecule has 0 saturated heterocycles. The maximum Gasteiger partial charge on any atom is 0.500 e. The summed E-state index contributed by atoms with van der Waals surface area (Å²) in [6, 6.07) is 8.95. The van der Waals surface area contributed by atoms with E-state index in [1.54, 1.807) is 21.3 Å². The summed E-state index contributed by atoms with van der Waals surface area (Å²) in [5, 5.41) is 3.36. The molecule has 0 aromatic heterocycles. The maximum absolute atomic E-state index is 5.38. The molecule has 0 saturated carbocycles. The summed E-state index contributed by atoms with van der Waals surface area (Å²) in [7, 11) is 2.50. The van der Waals surface area contributed by atoms with Crippen LogP contribution >= 0.6 is 0 Å². The first-order valence-electron chi connectivity index (χ1n) is 7.78. The summed E-state index contributed by atoms with van der Waals surface area (Å²) in [5.41, 5.74) is 2.22. The first kappa shape index (κ1) is 19.7. The Labute approximate surface area is 140 Å². The van der Waals surface area contributed by atoms with Gasteiger partial charge in [-0.3, -0.25) is 4.99 Å². The molecular weight excluding hydrogens is 308 g/mol. The van der Waals surface area contributed by atoms with E-state index in [2.05, 4.69) is 16.9 Å². The van der Waals surface area contributed by atoms with Crippen molar-refractivity contribution in [2.45, 2.75) is 12.5 Å². The van der Waals surface area contributed by atoms with Crippen LogP contribution in [0.5, 0.6) is 0 Å². The maximum atomic E-state index is 5.38. The number of hydrogen-bond acceptors (Lipinski definition) is 5. The fraction of sp³-hybridized carbons (Fsp3) is 0.471. The Bertz CT molecular complexity index is 465. The lowest BCUT2D eigenvalue weighted by molar-refractivity contribution is 0.123. The topological polar surface area (TPSA) is 52.1 Å². The van der Waals surface area contributed by atoms with E-state index in [0.29, 0.717) is 0 Å². The van der Waals surface area contributed by atoms with Gasteiger partial charge in [-0.2, -0.15) is 0 Å². The smallest absolute Gasteiger partial charge is 0.377 e. The van der Waals surface area contributed by atoms with Crippen LogP contribution in [0, 0.1) is 0 Å². The first-order chi connectivity index (χ1) is 11.2. The van der Waals surface area contributed by atoms with E-state index >= 15 is 0 Å². The van der Waals surface area contributed by atoms with Crippen LogP contribution in [0.2, 0.25) is 6.04 Å². The van der Waals surface area contributed by atoms with Crippen LogP contribution in [0.1, 0.15) is 17.5 Å². The normalized spacial score (nSPS) is 12.0. The minimum absolute atomic E-state index is 0.755. The van der Waals surface area contributed by atoms with E-state index in [1.165, 1.54) is 0 Å². The van der Waals surface area contributed by atoms with Crippen LogP contribution in [-0.4, -0.2) is 56.0 Å². The van der Waals surface area contributed by atoms with Crippen molar-refractivity contribution in [3.63, 3.8) is 0 Å². The standard InChI is InChI=1S/C17H28N2O3Si/c1-5-16-7-9-17(10-8-16)15-19-13-12-18-11-6-14-23(20-2,21-3)22-4/h5,7-10,15,18H,1,6,11-14H2,2-4H3. The predicted octanol–water partition coefficient (Wildman–Crippen LogP) is 2.61. The van der Waals surface area contributed by atoms with Crippen LogP contribution in [0.3, 0.4) is 0 Å². The third-order valence-electron chi connectivity index (χ3n) is 3.60. The summed E-state index contributed by atoms with van der Waals surface area (Å²) in [4.78, 5) is 4.41. The Balaban J connectivity index is 2.15. The van der Waals surface area contributed by atoms with Gasteiger partial charge in [0.1, 0.15) is 0 Å². The lowest BCUT2D eigenvalue weighted by Gasteiger charge is -2.24. The van der Waals surface area contributed by atoms with Gasteiger partial charge >= 0.3 is 8.80 Å². The Kier molecular flexibility index (Phi) is 9.66. The van der Waals surface area contributed by atoms with Gasteiger partial charge in [0, 0.05) is 40.1 Å². The van der Waals surface area contributed by atoms with Crippen molar-refractivity contribution >= 4 is 21.1 Å². The molecule has 23 heavy (non-hydrogen) atoms. The number of aliphatic imine (C=N–C) groups is 1. The highest BCUT2D eigenvalue weighted by Crippen LogP contribution is 2.14. The molecule has 1 aromatic rings. The third-order valence-corrected chi connectivity index (χ3v) is 6.43. The van der Waals surface area contributed by atoms with Crippen molar-refractivity contribution in [3.8, 4) is 0 Å². The molecule has 0 unspecified atom stereocenters. The van der Waals surface area contributed by atoms with Crippen LogP contribution in [-0.2, 0) is 13.3 Å². The van der Waals surface area contributed by atoms with Gasteiger partial charge in [-0.05, 0) is 24.1 Å². The molecule has 0 heterocycles. The molecule has 0 spiro atoms. The minimum atomic E-state index is -2.42. The fourth-order valence-corrected chi connectivity index (χ4v) is 3.86. The average Bonchev–Trinajstić information content (AvgIpc) is 2.61. The van der Waals surface area contributed by atoms with Gasteiger partial charge in [-0.25, -0.2) is 0 Å². The molecule has 1 N–H and O–H groups in total. The van der Waals surface area contributed by atoms with Crippen molar-refractivity contribution in [2.75, 3.05) is 41.0 Å². The molecule has 0 aliphatic rings. The average molecular weight is 337 g/mol. The number of rotatable bonds is 12. The zero-order valence-corrected chi connectivity index (χ0v) is 15.4. The highest BCUT2D eigenvalue weighted by molar-refractivity contribution is 6.60. The lowest BCUT2D eigenvalue weighted by Crippen LogP contribution is -2.43. The molecule has 0 aliphatic heterocycles. The third kappa shape index (κ3) is 7.19. The second kappa shape index (κ2) is 11.3. The number of hydrogen-bond donors (Lipinski definition) is 1. The molecule has 0 bridgehead atoms. The molecule has 128 valence electrons. The zero-order chi connectivity index (χ0) is 17.0. The Morgan fingerprint density at radius 2 is 1.65 bits per heavy atom. The van der Waals surface area contributed by atoms with Crippen LogP contribution in [0.25, 0.3) is 6.08 Å². The highest BCUT2D eigenvalue weighted by atomic mass is 28.4. The lowest BCUT2D eigenvalue weighted by atomic mass is 10.1. The van der Waals surface area contributed by atoms with E-state index < -0.39 is 8.80 Å². The second-order valence-corrected chi connectivity index (χ2v) is 8.15. The number of nitrogens with zero attached hydrogens (tertiary/aromatic N) is 1. The molecule has 1 aromatic carbocycles. The summed E-state index contributed by atoms with van der Waals surface area (Å²) in [5.74, 6) is 0. The van der Waals surface area contributed by atoms with Crippen LogP contribution in [0.15, 0.2) is 35.8 Å². The van der Waals surface area contributed by atoms with Crippen molar-refractivity contribution in [2.24, 2.45) is 4.99 Å². The Morgan fingerprint density at radius 1 is 1.04 bits per heavy atom. The van der Waals surface area contributed by atoms with Gasteiger partial charge in [0.25, 0.3) is 0 Å². The highest BCUT2D eigenvalue weighted by Gasteiger charge is 2.36. The monoisotopic (exact) mass is 336 g/mol. The molecule has 0 aliphatic carbocycles. The molecule has 0 radical (unpaired) electrons. The summed E-state index contributed by atoms with van der Waals surface area (Å²) < 4.78 is 16.2. The molecule has 6 heteroatoms. The van der Waals surface area contributed by atoms with Gasteiger partial charge in [0.15, 0.2) is 0 Å². The number of benzene rings is 1. The van der Waals surface area contributed by atoms with Gasteiger partial charge in [0.05, 0.1) is 6.54 Å². The summed E-state index contributed by atoms with van der Waals surface area (Å²) in [6.45, 7) is 6.24. The molecular formula is C17H28N2O3Si. The van der Waals surface area contributed by atoms with E-state index in [-0.39, 0.29) is 0 Å². The first-order valence-corrected chi connectivity index (χ1v) is 9.71. The molecule has 0 atom stereocenters. The largest absolute Gasteiger partial charge is 0.500 e. The minimum Gasteiger partial charge on any atom is -0.377 e. The fourth-order valence-electron chi connectivity index (χ4n) is 2.14. The molecule has 0 fully saturated rings. The van der Waals surface area contributed by atoms with Crippen LogP contribution < -0.4 is 5.32 Å². The molecule has 0 amide bonds. The van der Waals surface area contributed by atoms with Gasteiger partial charge in [-0.1, -0.05) is 36.9 Å². The van der Waals surface area contributed by atoms with Crippen molar-refractivity contribution < 1.29 is 13.3 Å². The van der Waals surface area contributed by atoms with Crippen molar-refractivity contribution in [3.05, 3.63) is 42.0 Å². The van der Waals surface area contributed by atoms with Gasteiger partial charge in [0.2, 0.25) is 0 Å². The van der Waals surface area contributed by atoms with Crippen molar-refractivity contribution in [1.82, 2.24) is 5.32 Å². The summed E-state index contributed by atoms with van der Waals surface area (Å²) >= 11 is 0. The molecule has 5 nitrogen and oxygen atoms in total. The summed E-state index contributed by atoms with van der Waals surface area (Å²) in [6.07, 6.45) is 4.68. The van der Waals surface area contributed by atoms with Crippen LogP contribution in [0.4, 0.5) is 0 Å². The SMILES string of the molecule is C=Cc1ccc(C=NCCNCCC[Si](OC)(OC)OC)cc1. The number of nitrogens with one attached hydrogen (secondary N) is 1. The van der Waals surface area contributed by atoms with E-state index in [0.717, 1.165) is 43.2 Å². The van der Waals surface area contributed by atoms with E-state index in [1.807, 2.05) is 36.6 Å².